The first-order valence-electron chi connectivity index (χ1n) is 12.0. The molecule has 5 rings (SSSR count). The molecule has 2 atom stereocenters. The number of nitrogens with one attached hydrogen (secondary N) is 2. The van der Waals surface area contributed by atoms with Crippen LogP contribution >= 0.6 is 11.6 Å². The van der Waals surface area contributed by atoms with E-state index >= 15 is 0 Å². The fraction of sp³-hybridized carbons (Fsp3) is 0.269. The van der Waals surface area contributed by atoms with Gasteiger partial charge in [0.25, 0.3) is 0 Å². The molecule has 1 aliphatic rings. The number of fused-ring (bicyclic) bond motifs is 1. The summed E-state index contributed by atoms with van der Waals surface area (Å²) in [5, 5.41) is 26.2. The highest BCUT2D eigenvalue weighted by atomic mass is 35.5. The molecule has 4 heterocycles. The zero-order chi connectivity index (χ0) is 26.8. The van der Waals surface area contributed by atoms with Crippen LogP contribution in [0.2, 0.25) is 5.02 Å². The normalized spacial score (nSPS) is 15.3. The predicted molar refractivity (Wildman–Crippen MR) is 141 cm³/mol. The Morgan fingerprint density at radius 1 is 1.16 bits per heavy atom. The van der Waals surface area contributed by atoms with Gasteiger partial charge in [-0.05, 0) is 36.8 Å². The fourth-order valence-electron chi connectivity index (χ4n) is 4.28. The van der Waals surface area contributed by atoms with Gasteiger partial charge in [-0.3, -0.25) is 9.78 Å². The number of carbonyl (C=O) groups excluding carboxylic acids is 1. The number of aliphatic hydroxyl groups is 2. The van der Waals surface area contributed by atoms with Crippen molar-refractivity contribution in [3.05, 3.63) is 71.2 Å². The topological polar surface area (TPSA) is 136 Å². The summed E-state index contributed by atoms with van der Waals surface area (Å²) in [7, 11) is 0. The van der Waals surface area contributed by atoms with Crippen LogP contribution in [0.4, 0.5) is 16.0 Å². The van der Waals surface area contributed by atoms with E-state index in [0.717, 1.165) is 11.1 Å². The van der Waals surface area contributed by atoms with Crippen LogP contribution in [0.15, 0.2) is 48.9 Å². The molecule has 1 aromatic carbocycles. The molecule has 0 radical (unpaired) electrons. The maximum Gasteiger partial charge on any atom is 0.239 e. The Bertz CT molecular complexity index is 1490. The van der Waals surface area contributed by atoms with E-state index in [4.69, 9.17) is 11.6 Å². The van der Waals surface area contributed by atoms with Crippen LogP contribution in [0.1, 0.15) is 30.5 Å². The number of halogens is 2. The lowest BCUT2D eigenvalue weighted by Crippen LogP contribution is -2.48. The zero-order valence-corrected chi connectivity index (χ0v) is 21.2. The number of hydrogen-bond donors (Lipinski definition) is 4. The lowest BCUT2D eigenvalue weighted by molar-refractivity contribution is -0.120. The smallest absolute Gasteiger partial charge is 0.239 e. The fourth-order valence-corrected chi connectivity index (χ4v) is 4.48. The van der Waals surface area contributed by atoms with Crippen molar-refractivity contribution in [1.82, 2.24) is 25.3 Å². The van der Waals surface area contributed by atoms with E-state index in [9.17, 15) is 19.4 Å². The molecule has 0 aliphatic carbocycles. The first-order chi connectivity index (χ1) is 18.3. The third-order valence-corrected chi connectivity index (χ3v) is 6.58. The molecule has 1 aliphatic heterocycles. The predicted octanol–water partition coefficient (Wildman–Crippen LogP) is 3.01. The summed E-state index contributed by atoms with van der Waals surface area (Å²) < 4.78 is 14.6. The molecule has 0 bridgehead atoms. The lowest BCUT2D eigenvalue weighted by atomic mass is 10.0. The zero-order valence-electron chi connectivity index (χ0n) is 20.4. The van der Waals surface area contributed by atoms with Crippen LogP contribution in [0.25, 0.3) is 22.0 Å². The third-order valence-electron chi connectivity index (χ3n) is 6.29. The van der Waals surface area contributed by atoms with Crippen molar-refractivity contribution in [1.29, 1.82) is 0 Å². The summed E-state index contributed by atoms with van der Waals surface area (Å²) in [6.07, 6.45) is 3.69. The van der Waals surface area contributed by atoms with Crippen molar-refractivity contribution in [2.45, 2.75) is 19.1 Å². The summed E-state index contributed by atoms with van der Waals surface area (Å²) >= 11 is 6.52. The lowest BCUT2D eigenvalue weighted by Gasteiger charge is -2.26. The Morgan fingerprint density at radius 2 is 1.95 bits per heavy atom. The second-order valence-electron chi connectivity index (χ2n) is 8.92. The molecule has 0 saturated carbocycles. The largest absolute Gasteiger partial charge is 0.393 e. The van der Waals surface area contributed by atoms with Crippen molar-refractivity contribution in [2.75, 3.05) is 36.5 Å². The summed E-state index contributed by atoms with van der Waals surface area (Å²) in [6.45, 7) is 2.59. The van der Waals surface area contributed by atoms with Crippen molar-refractivity contribution < 1.29 is 19.4 Å². The summed E-state index contributed by atoms with van der Waals surface area (Å²) in [4.78, 5) is 31.0. The molecular formula is C26H25ClFN7O3. The number of aliphatic hydroxyl groups excluding tert-OH is 2. The number of aromatic nitrogens is 4. The number of nitrogens with zero attached hydrogens (tertiary/aromatic N) is 5. The van der Waals surface area contributed by atoms with Crippen LogP contribution < -0.4 is 15.5 Å². The van der Waals surface area contributed by atoms with Crippen molar-refractivity contribution in [3.8, 4) is 11.1 Å². The molecule has 3 aromatic heterocycles. The van der Waals surface area contributed by atoms with E-state index in [0.29, 0.717) is 40.7 Å². The standard InChI is InChI=1S/C26H25ClFN7O3/c1-14(24-19(28)3-5-21(34-24)22(37)13-36)33-25-17-8-15(2-4-20(17)30-11-18(25)27)16-9-31-26(32-10-16)35-7-6-29-23(38)12-35/h2-5,8-11,14,22,36-37H,6-7,12-13H2,1H3,(H,29,38)(H,30,33). The Kier molecular flexibility index (Phi) is 7.32. The Hall–Kier alpha value is -3.93. The maximum atomic E-state index is 14.6. The molecule has 12 heteroatoms. The Labute approximate surface area is 222 Å². The minimum absolute atomic E-state index is 0.0662. The summed E-state index contributed by atoms with van der Waals surface area (Å²) in [5.41, 5.74) is 3.02. The second-order valence-corrected chi connectivity index (χ2v) is 9.33. The van der Waals surface area contributed by atoms with Gasteiger partial charge in [0.2, 0.25) is 11.9 Å². The maximum absolute atomic E-state index is 14.6. The Morgan fingerprint density at radius 3 is 2.68 bits per heavy atom. The van der Waals surface area contributed by atoms with Crippen LogP contribution in [0.5, 0.6) is 0 Å². The number of anilines is 2. The van der Waals surface area contributed by atoms with E-state index in [-0.39, 0.29) is 23.8 Å². The van der Waals surface area contributed by atoms with Gasteiger partial charge < -0.3 is 25.7 Å². The average Bonchev–Trinajstić information content (AvgIpc) is 2.94. The molecule has 4 N–H and O–H groups in total. The van der Waals surface area contributed by atoms with Crippen molar-refractivity contribution in [2.24, 2.45) is 0 Å². The number of carbonyl (C=O) groups is 1. The van der Waals surface area contributed by atoms with Gasteiger partial charge in [-0.1, -0.05) is 17.7 Å². The third kappa shape index (κ3) is 5.21. The van der Waals surface area contributed by atoms with Gasteiger partial charge >= 0.3 is 0 Å². The monoisotopic (exact) mass is 537 g/mol. The van der Waals surface area contributed by atoms with Crippen LogP contribution in [-0.4, -0.2) is 62.3 Å². The summed E-state index contributed by atoms with van der Waals surface area (Å²) in [5.74, 6) is -0.144. The highest BCUT2D eigenvalue weighted by Gasteiger charge is 2.20. The molecular weight excluding hydrogens is 513 g/mol. The van der Waals surface area contributed by atoms with Crippen LogP contribution in [-0.2, 0) is 4.79 Å². The van der Waals surface area contributed by atoms with Crippen LogP contribution in [0, 0.1) is 5.82 Å². The molecule has 1 saturated heterocycles. The number of benzene rings is 1. The van der Waals surface area contributed by atoms with Gasteiger partial charge in [0.05, 0.1) is 46.8 Å². The minimum atomic E-state index is -1.21. The van der Waals surface area contributed by atoms with Crippen LogP contribution in [0.3, 0.4) is 0 Å². The van der Waals surface area contributed by atoms with Gasteiger partial charge in [0, 0.05) is 42.6 Å². The van der Waals surface area contributed by atoms with E-state index in [1.54, 1.807) is 19.3 Å². The second kappa shape index (κ2) is 10.8. The number of hydrogen-bond acceptors (Lipinski definition) is 9. The van der Waals surface area contributed by atoms with Gasteiger partial charge in [0.1, 0.15) is 11.9 Å². The van der Waals surface area contributed by atoms with Crippen molar-refractivity contribution >= 4 is 40.0 Å². The highest BCUT2D eigenvalue weighted by Crippen LogP contribution is 2.35. The molecule has 4 aromatic rings. The number of pyridine rings is 2. The van der Waals surface area contributed by atoms with Gasteiger partial charge in [0.15, 0.2) is 0 Å². The first-order valence-corrected chi connectivity index (χ1v) is 12.4. The summed E-state index contributed by atoms with van der Waals surface area (Å²) in [6, 6.07) is 7.55. The molecule has 10 nitrogen and oxygen atoms in total. The molecule has 38 heavy (non-hydrogen) atoms. The van der Waals surface area contributed by atoms with E-state index in [1.807, 2.05) is 23.1 Å². The highest BCUT2D eigenvalue weighted by molar-refractivity contribution is 6.34. The molecule has 1 fully saturated rings. The first kappa shape index (κ1) is 25.7. The van der Waals surface area contributed by atoms with E-state index in [1.165, 1.54) is 18.3 Å². The van der Waals surface area contributed by atoms with Crippen molar-refractivity contribution in [3.63, 3.8) is 0 Å². The van der Waals surface area contributed by atoms with E-state index in [2.05, 4.69) is 30.6 Å². The molecule has 1 amide bonds. The SMILES string of the molecule is CC(Nc1c(Cl)cnc2ccc(-c3cnc(N4CCNC(=O)C4)nc3)cc12)c1nc(C(O)CO)ccc1F. The molecule has 0 spiro atoms. The van der Waals surface area contributed by atoms with Gasteiger partial charge in [-0.15, -0.1) is 0 Å². The quantitative estimate of drug-likeness (QED) is 0.280. The van der Waals surface area contributed by atoms with E-state index < -0.39 is 24.6 Å². The molecule has 2 unspecified atom stereocenters. The minimum Gasteiger partial charge on any atom is -0.393 e. The average molecular weight is 538 g/mol. The number of amides is 1. The number of rotatable bonds is 7. The van der Waals surface area contributed by atoms with Gasteiger partial charge in [-0.2, -0.15) is 0 Å². The Balaban J connectivity index is 1.46. The van der Waals surface area contributed by atoms with Gasteiger partial charge in [-0.25, -0.2) is 19.3 Å². The molecule has 196 valence electrons. The number of piperazine rings is 1.